The van der Waals surface area contributed by atoms with Crippen LogP contribution in [0.1, 0.15) is 19.8 Å². The van der Waals surface area contributed by atoms with Gasteiger partial charge in [0.05, 0.1) is 0 Å². The fraction of sp³-hybridized carbons (Fsp3) is 0.263. The van der Waals surface area contributed by atoms with E-state index in [9.17, 15) is 9.59 Å². The normalized spacial score (nSPS) is 15.1. The van der Waals surface area contributed by atoms with Crippen LogP contribution in [0.15, 0.2) is 48.5 Å². The number of benzene rings is 2. The number of carbonyl (C=O) groups is 2. The van der Waals surface area contributed by atoms with Crippen molar-refractivity contribution in [2.45, 2.75) is 25.9 Å². The molecular weight excluding hydrogens is 340 g/mol. The van der Waals surface area contributed by atoms with Gasteiger partial charge in [0, 0.05) is 35.4 Å². The summed E-state index contributed by atoms with van der Waals surface area (Å²) in [4.78, 5) is 25.9. The van der Waals surface area contributed by atoms with Gasteiger partial charge in [0.1, 0.15) is 5.75 Å². The Labute approximate surface area is 151 Å². The Kier molecular flexibility index (Phi) is 5.24. The summed E-state index contributed by atoms with van der Waals surface area (Å²) in [5.41, 5.74) is 1.45. The highest BCUT2D eigenvalue weighted by Gasteiger charge is 2.22. The Balaban J connectivity index is 1.64. The van der Waals surface area contributed by atoms with E-state index in [1.807, 2.05) is 12.1 Å². The average Bonchev–Trinajstić information content (AvgIpc) is 3.03. The molecule has 1 heterocycles. The number of anilines is 2. The number of hydrogen-bond donors (Lipinski definition) is 1. The SMILES string of the molecule is C[C@H](Oc1cccc(N2CCCC2=O)c1)C(=O)Nc1ccc(Cl)cc1. The maximum absolute atomic E-state index is 12.3. The first-order valence-corrected chi connectivity index (χ1v) is 8.54. The van der Waals surface area contributed by atoms with Gasteiger partial charge in [-0.15, -0.1) is 0 Å². The highest BCUT2D eigenvalue weighted by molar-refractivity contribution is 6.30. The maximum Gasteiger partial charge on any atom is 0.265 e. The van der Waals surface area contributed by atoms with Gasteiger partial charge in [-0.3, -0.25) is 9.59 Å². The Hall–Kier alpha value is -2.53. The van der Waals surface area contributed by atoms with Gasteiger partial charge in [0.15, 0.2) is 6.10 Å². The smallest absolute Gasteiger partial charge is 0.265 e. The molecule has 1 N–H and O–H groups in total. The van der Waals surface area contributed by atoms with Gasteiger partial charge in [-0.25, -0.2) is 0 Å². The predicted molar refractivity (Wildman–Crippen MR) is 98.2 cm³/mol. The van der Waals surface area contributed by atoms with Gasteiger partial charge in [0.2, 0.25) is 5.91 Å². The zero-order valence-electron chi connectivity index (χ0n) is 13.9. The molecule has 25 heavy (non-hydrogen) atoms. The molecule has 0 saturated carbocycles. The molecule has 2 aromatic carbocycles. The van der Waals surface area contributed by atoms with Crippen molar-refractivity contribution in [3.63, 3.8) is 0 Å². The third kappa shape index (κ3) is 4.31. The van der Waals surface area contributed by atoms with Crippen LogP contribution in [0.2, 0.25) is 5.02 Å². The fourth-order valence-electron chi connectivity index (χ4n) is 2.68. The lowest BCUT2D eigenvalue weighted by Gasteiger charge is -2.19. The second kappa shape index (κ2) is 7.57. The van der Waals surface area contributed by atoms with Crippen molar-refractivity contribution in [1.29, 1.82) is 0 Å². The zero-order valence-corrected chi connectivity index (χ0v) is 14.6. The van der Waals surface area contributed by atoms with Crippen molar-refractivity contribution in [2.24, 2.45) is 0 Å². The van der Waals surface area contributed by atoms with Crippen molar-refractivity contribution in [1.82, 2.24) is 0 Å². The summed E-state index contributed by atoms with van der Waals surface area (Å²) in [5.74, 6) is 0.409. The Morgan fingerprint density at radius 2 is 2.00 bits per heavy atom. The van der Waals surface area contributed by atoms with Gasteiger partial charge < -0.3 is 15.0 Å². The molecule has 1 atom stereocenters. The van der Waals surface area contributed by atoms with Crippen LogP contribution in [-0.2, 0) is 9.59 Å². The fourth-order valence-corrected chi connectivity index (χ4v) is 2.81. The van der Waals surface area contributed by atoms with Crippen LogP contribution in [0.4, 0.5) is 11.4 Å². The molecule has 1 fully saturated rings. The monoisotopic (exact) mass is 358 g/mol. The van der Waals surface area contributed by atoms with Crippen molar-refractivity contribution in [3.8, 4) is 5.75 Å². The van der Waals surface area contributed by atoms with E-state index in [0.29, 0.717) is 22.9 Å². The molecule has 0 bridgehead atoms. The van der Waals surface area contributed by atoms with Gasteiger partial charge in [0.25, 0.3) is 5.91 Å². The van der Waals surface area contributed by atoms with Crippen molar-refractivity contribution < 1.29 is 14.3 Å². The minimum atomic E-state index is -0.680. The molecule has 130 valence electrons. The third-order valence-electron chi connectivity index (χ3n) is 4.00. The van der Waals surface area contributed by atoms with Crippen molar-refractivity contribution in [2.75, 3.05) is 16.8 Å². The molecule has 0 radical (unpaired) electrons. The minimum absolute atomic E-state index is 0.116. The maximum atomic E-state index is 12.3. The predicted octanol–water partition coefficient (Wildman–Crippen LogP) is 3.87. The molecule has 1 aliphatic rings. The Bertz CT molecular complexity index is 776. The lowest BCUT2D eigenvalue weighted by atomic mass is 10.2. The first-order valence-electron chi connectivity index (χ1n) is 8.16. The second-order valence-electron chi connectivity index (χ2n) is 5.90. The Morgan fingerprint density at radius 1 is 1.24 bits per heavy atom. The topological polar surface area (TPSA) is 58.6 Å². The molecular formula is C19H19ClN2O3. The largest absolute Gasteiger partial charge is 0.481 e. The standard InChI is InChI=1S/C19H19ClN2O3/c1-13(19(24)21-15-9-7-14(20)8-10-15)25-17-5-2-4-16(12-17)22-11-3-6-18(22)23/h2,4-5,7-10,12-13H,3,6,11H2,1H3,(H,21,24)/t13-/m0/s1. The molecule has 2 amide bonds. The van der Waals surface area contributed by atoms with Crippen LogP contribution >= 0.6 is 11.6 Å². The molecule has 1 aliphatic heterocycles. The van der Waals surface area contributed by atoms with Gasteiger partial charge >= 0.3 is 0 Å². The van der Waals surface area contributed by atoms with Crippen LogP contribution in [0.25, 0.3) is 0 Å². The summed E-state index contributed by atoms with van der Waals surface area (Å²) >= 11 is 5.83. The van der Waals surface area contributed by atoms with E-state index in [0.717, 1.165) is 18.7 Å². The first-order chi connectivity index (χ1) is 12.0. The van der Waals surface area contributed by atoms with E-state index in [-0.39, 0.29) is 11.8 Å². The molecule has 6 heteroatoms. The van der Waals surface area contributed by atoms with Crippen LogP contribution in [0, 0.1) is 0 Å². The third-order valence-corrected chi connectivity index (χ3v) is 4.25. The van der Waals surface area contributed by atoms with Gasteiger partial charge in [-0.2, -0.15) is 0 Å². The summed E-state index contributed by atoms with van der Waals surface area (Å²) in [6, 6.07) is 14.1. The number of amides is 2. The number of hydrogen-bond acceptors (Lipinski definition) is 3. The molecule has 0 aromatic heterocycles. The van der Waals surface area contributed by atoms with E-state index in [1.54, 1.807) is 48.2 Å². The number of rotatable bonds is 5. The molecule has 3 rings (SSSR count). The summed E-state index contributed by atoms with van der Waals surface area (Å²) < 4.78 is 5.73. The van der Waals surface area contributed by atoms with E-state index in [4.69, 9.17) is 16.3 Å². The van der Waals surface area contributed by atoms with Gasteiger partial charge in [-0.05, 0) is 49.7 Å². The molecule has 1 saturated heterocycles. The van der Waals surface area contributed by atoms with Crippen molar-refractivity contribution in [3.05, 3.63) is 53.6 Å². The van der Waals surface area contributed by atoms with Crippen LogP contribution in [0.5, 0.6) is 5.75 Å². The number of nitrogens with one attached hydrogen (secondary N) is 1. The van der Waals surface area contributed by atoms with E-state index in [2.05, 4.69) is 5.32 Å². The summed E-state index contributed by atoms with van der Waals surface area (Å²) in [7, 11) is 0. The second-order valence-corrected chi connectivity index (χ2v) is 6.34. The Morgan fingerprint density at radius 3 is 2.68 bits per heavy atom. The van der Waals surface area contributed by atoms with E-state index >= 15 is 0 Å². The average molecular weight is 359 g/mol. The molecule has 0 unspecified atom stereocenters. The van der Waals surface area contributed by atoms with Gasteiger partial charge in [-0.1, -0.05) is 17.7 Å². The van der Waals surface area contributed by atoms with E-state index in [1.165, 1.54) is 0 Å². The minimum Gasteiger partial charge on any atom is -0.481 e. The zero-order chi connectivity index (χ0) is 17.8. The highest BCUT2D eigenvalue weighted by atomic mass is 35.5. The number of carbonyl (C=O) groups excluding carboxylic acids is 2. The van der Waals surface area contributed by atoms with Crippen molar-refractivity contribution >= 4 is 34.8 Å². The lowest BCUT2D eigenvalue weighted by Crippen LogP contribution is -2.30. The lowest BCUT2D eigenvalue weighted by molar-refractivity contribution is -0.122. The molecule has 0 aliphatic carbocycles. The highest BCUT2D eigenvalue weighted by Crippen LogP contribution is 2.26. The van der Waals surface area contributed by atoms with Crippen LogP contribution in [-0.4, -0.2) is 24.5 Å². The molecule has 2 aromatic rings. The first kappa shape index (κ1) is 17.3. The molecule has 5 nitrogen and oxygen atoms in total. The number of halogens is 1. The number of ether oxygens (including phenoxy) is 1. The summed E-state index contributed by atoms with van der Waals surface area (Å²) in [6.07, 6.45) is 0.759. The quantitative estimate of drug-likeness (QED) is 0.882. The summed E-state index contributed by atoms with van der Waals surface area (Å²) in [6.45, 7) is 2.40. The summed E-state index contributed by atoms with van der Waals surface area (Å²) in [5, 5.41) is 3.39. The number of nitrogens with zero attached hydrogens (tertiary/aromatic N) is 1. The van der Waals surface area contributed by atoms with Crippen LogP contribution in [0.3, 0.4) is 0 Å². The molecule has 0 spiro atoms. The van der Waals surface area contributed by atoms with E-state index < -0.39 is 6.10 Å². The van der Waals surface area contributed by atoms with Crippen LogP contribution < -0.4 is 15.0 Å².